The number of esters is 1. The minimum Gasteiger partial charge on any atom is -0.489 e. The Balaban J connectivity index is 1.86. The highest BCUT2D eigenvalue weighted by Gasteiger charge is 2.35. The number of nitrogens with one attached hydrogen (secondary N) is 2. The molecular formula is C26H26N2O4. The topological polar surface area (TPSA) is 76.7 Å². The molecule has 1 aliphatic rings. The van der Waals surface area contributed by atoms with Gasteiger partial charge >= 0.3 is 12.0 Å². The fraction of sp³-hybridized carbons (Fsp3) is 0.231. The molecule has 1 unspecified atom stereocenters. The molecule has 0 radical (unpaired) electrons. The van der Waals surface area contributed by atoms with Crippen LogP contribution in [0.5, 0.6) is 5.75 Å². The number of carbonyl (C=O) groups excluding carboxylic acids is 2. The first-order chi connectivity index (χ1) is 15.6. The molecule has 1 aliphatic heterocycles. The van der Waals surface area contributed by atoms with Crippen LogP contribution in [0.1, 0.15) is 37.4 Å². The minimum atomic E-state index is -0.699. The Hall–Kier alpha value is -3.80. The van der Waals surface area contributed by atoms with E-state index in [1.54, 1.807) is 6.92 Å². The molecule has 3 aromatic rings. The average molecular weight is 431 g/mol. The summed E-state index contributed by atoms with van der Waals surface area (Å²) < 4.78 is 11.6. The average Bonchev–Trinajstić information content (AvgIpc) is 2.82. The van der Waals surface area contributed by atoms with Crippen LogP contribution in [0.25, 0.3) is 10.8 Å². The number of benzene rings is 3. The smallest absolute Gasteiger partial charge is 0.338 e. The lowest BCUT2D eigenvalue weighted by molar-refractivity contribution is -0.139. The summed E-state index contributed by atoms with van der Waals surface area (Å²) >= 11 is 0. The second-order valence-corrected chi connectivity index (χ2v) is 7.47. The molecular weight excluding hydrogens is 404 g/mol. The molecule has 1 atom stereocenters. The normalized spacial score (nSPS) is 15.8. The summed E-state index contributed by atoms with van der Waals surface area (Å²) in [6.45, 7) is 4.27. The van der Waals surface area contributed by atoms with Gasteiger partial charge in [-0.3, -0.25) is 0 Å². The molecule has 0 aliphatic carbocycles. The predicted molar refractivity (Wildman–Crippen MR) is 123 cm³/mol. The van der Waals surface area contributed by atoms with Gasteiger partial charge in [-0.1, -0.05) is 67.6 Å². The Morgan fingerprint density at radius 3 is 2.47 bits per heavy atom. The van der Waals surface area contributed by atoms with Gasteiger partial charge in [0.1, 0.15) is 12.4 Å². The van der Waals surface area contributed by atoms with Gasteiger partial charge in [-0.15, -0.1) is 0 Å². The van der Waals surface area contributed by atoms with Crippen molar-refractivity contribution in [3.05, 3.63) is 89.1 Å². The first-order valence-electron chi connectivity index (χ1n) is 10.8. The van der Waals surface area contributed by atoms with Gasteiger partial charge in [0.05, 0.1) is 18.2 Å². The lowest BCUT2D eigenvalue weighted by Crippen LogP contribution is -2.46. The van der Waals surface area contributed by atoms with Crippen LogP contribution in [0, 0.1) is 0 Å². The summed E-state index contributed by atoms with van der Waals surface area (Å²) in [5, 5.41) is 7.59. The molecule has 0 saturated carbocycles. The standard InChI is InChI=1S/C26H26N2O4/c1-3-20-23(25(29)31-4-2)24(28-26(30)27-20)22-19-13-9-8-12-18(19)14-15-21(22)32-16-17-10-6-5-7-11-17/h5-15,24H,3-4,16H2,1-2H3,(H2,27,28,30). The van der Waals surface area contributed by atoms with Crippen LogP contribution in [0.3, 0.4) is 0 Å². The number of amides is 2. The van der Waals surface area contributed by atoms with Gasteiger partial charge in [-0.25, -0.2) is 9.59 Å². The van der Waals surface area contributed by atoms with Crippen LogP contribution < -0.4 is 15.4 Å². The highest BCUT2D eigenvalue weighted by Crippen LogP contribution is 2.39. The van der Waals surface area contributed by atoms with Crippen molar-refractivity contribution in [1.29, 1.82) is 0 Å². The molecule has 2 amide bonds. The molecule has 0 bridgehead atoms. The molecule has 1 heterocycles. The molecule has 4 rings (SSSR count). The summed E-state index contributed by atoms with van der Waals surface area (Å²) in [7, 11) is 0. The van der Waals surface area contributed by atoms with Gasteiger partial charge in [0.25, 0.3) is 0 Å². The number of rotatable bonds is 7. The van der Waals surface area contributed by atoms with E-state index in [2.05, 4.69) is 10.6 Å². The van der Waals surface area contributed by atoms with Crippen molar-refractivity contribution in [2.24, 2.45) is 0 Å². The number of ether oxygens (including phenoxy) is 2. The first kappa shape index (κ1) is 21.4. The molecule has 164 valence electrons. The second kappa shape index (κ2) is 9.56. The Morgan fingerprint density at radius 2 is 1.72 bits per heavy atom. The zero-order valence-corrected chi connectivity index (χ0v) is 18.2. The molecule has 2 N–H and O–H groups in total. The van der Waals surface area contributed by atoms with Crippen LogP contribution in [0.4, 0.5) is 4.79 Å². The third-order valence-electron chi connectivity index (χ3n) is 5.46. The van der Waals surface area contributed by atoms with Crippen molar-refractivity contribution in [1.82, 2.24) is 10.6 Å². The molecule has 6 heteroatoms. The number of carbonyl (C=O) groups is 2. The number of allylic oxidation sites excluding steroid dienone is 1. The van der Waals surface area contributed by atoms with Crippen LogP contribution >= 0.6 is 0 Å². The van der Waals surface area contributed by atoms with Crippen molar-refractivity contribution in [2.75, 3.05) is 6.61 Å². The largest absolute Gasteiger partial charge is 0.489 e. The summed E-state index contributed by atoms with van der Waals surface area (Å²) in [5.41, 5.74) is 2.72. The van der Waals surface area contributed by atoms with E-state index in [0.29, 0.717) is 30.0 Å². The third kappa shape index (κ3) is 4.30. The molecule has 32 heavy (non-hydrogen) atoms. The van der Waals surface area contributed by atoms with Crippen LogP contribution in [-0.2, 0) is 16.1 Å². The predicted octanol–water partition coefficient (Wildman–Crippen LogP) is 5.00. The lowest BCUT2D eigenvalue weighted by Gasteiger charge is -2.31. The van der Waals surface area contributed by atoms with Crippen molar-refractivity contribution in [3.63, 3.8) is 0 Å². The fourth-order valence-corrected chi connectivity index (χ4v) is 4.00. The molecule has 0 aromatic heterocycles. The van der Waals surface area contributed by atoms with E-state index in [9.17, 15) is 9.59 Å². The van der Waals surface area contributed by atoms with Crippen LogP contribution in [-0.4, -0.2) is 18.6 Å². The van der Waals surface area contributed by atoms with Gasteiger partial charge in [-0.05, 0) is 35.7 Å². The molecule has 6 nitrogen and oxygen atoms in total. The summed E-state index contributed by atoms with van der Waals surface area (Å²) in [5.74, 6) is 0.154. The molecule has 0 saturated heterocycles. The van der Waals surface area contributed by atoms with Gasteiger partial charge in [0.2, 0.25) is 0 Å². The SMILES string of the molecule is CCOC(=O)C1=C(CC)NC(=O)NC1c1c(OCc2ccccc2)ccc2ccccc12. The van der Waals surface area contributed by atoms with E-state index in [0.717, 1.165) is 21.9 Å². The number of fused-ring (bicyclic) bond motifs is 1. The highest BCUT2D eigenvalue weighted by molar-refractivity contribution is 5.98. The van der Waals surface area contributed by atoms with E-state index in [4.69, 9.17) is 9.47 Å². The Bertz CT molecular complexity index is 1170. The van der Waals surface area contributed by atoms with E-state index in [1.807, 2.05) is 73.7 Å². The Kier molecular flexibility index (Phi) is 6.40. The zero-order valence-electron chi connectivity index (χ0n) is 18.2. The summed E-state index contributed by atoms with van der Waals surface area (Å²) in [6.07, 6.45) is 0.489. The number of hydrogen-bond donors (Lipinski definition) is 2. The van der Waals surface area contributed by atoms with E-state index < -0.39 is 12.0 Å². The van der Waals surface area contributed by atoms with Gasteiger partial charge in [0.15, 0.2) is 0 Å². The quantitative estimate of drug-likeness (QED) is 0.517. The first-order valence-corrected chi connectivity index (χ1v) is 10.8. The van der Waals surface area contributed by atoms with Gasteiger partial charge < -0.3 is 20.1 Å². The van der Waals surface area contributed by atoms with Crippen molar-refractivity contribution in [3.8, 4) is 5.75 Å². The monoisotopic (exact) mass is 430 g/mol. The summed E-state index contributed by atoms with van der Waals surface area (Å²) in [4.78, 5) is 25.5. The molecule has 0 spiro atoms. The van der Waals surface area contributed by atoms with Gasteiger partial charge in [-0.2, -0.15) is 0 Å². The number of hydrogen-bond acceptors (Lipinski definition) is 4. The summed E-state index contributed by atoms with van der Waals surface area (Å²) in [6, 6.07) is 20.5. The fourth-order valence-electron chi connectivity index (χ4n) is 4.00. The van der Waals surface area contributed by atoms with Crippen LogP contribution in [0.2, 0.25) is 0 Å². The van der Waals surface area contributed by atoms with Crippen molar-refractivity contribution < 1.29 is 19.1 Å². The highest BCUT2D eigenvalue weighted by atomic mass is 16.5. The van der Waals surface area contributed by atoms with Crippen molar-refractivity contribution in [2.45, 2.75) is 32.9 Å². The molecule has 3 aromatic carbocycles. The number of urea groups is 1. The second-order valence-electron chi connectivity index (χ2n) is 7.47. The Morgan fingerprint density at radius 1 is 0.969 bits per heavy atom. The van der Waals surface area contributed by atoms with Crippen LogP contribution in [0.15, 0.2) is 78.0 Å². The Labute approximate surface area is 187 Å². The molecule has 0 fully saturated rings. The van der Waals surface area contributed by atoms with Gasteiger partial charge in [0, 0.05) is 11.3 Å². The maximum Gasteiger partial charge on any atom is 0.338 e. The van der Waals surface area contributed by atoms with E-state index >= 15 is 0 Å². The van der Waals surface area contributed by atoms with E-state index in [1.165, 1.54) is 0 Å². The minimum absolute atomic E-state index is 0.243. The third-order valence-corrected chi connectivity index (χ3v) is 5.46. The lowest BCUT2D eigenvalue weighted by atomic mass is 9.90. The maximum absolute atomic E-state index is 13.0. The maximum atomic E-state index is 13.0. The zero-order chi connectivity index (χ0) is 22.5. The van der Waals surface area contributed by atoms with E-state index in [-0.39, 0.29) is 12.6 Å². The van der Waals surface area contributed by atoms with Crippen molar-refractivity contribution >= 4 is 22.8 Å².